The fraction of sp³-hybridized carbons (Fsp3) is 0.409. The number of hydrogen-bond donors (Lipinski definition) is 1. The van der Waals surface area contributed by atoms with E-state index in [9.17, 15) is 13.2 Å². The van der Waals surface area contributed by atoms with Crippen molar-refractivity contribution in [3.05, 3.63) is 60.2 Å². The van der Waals surface area contributed by atoms with E-state index >= 15 is 0 Å². The van der Waals surface area contributed by atoms with Gasteiger partial charge in [-0.15, -0.1) is 0 Å². The normalized spacial score (nSPS) is 15.1. The number of sulfone groups is 1. The largest absolute Gasteiger partial charge is 0.494 e. The minimum atomic E-state index is -3.34. The van der Waals surface area contributed by atoms with Crippen LogP contribution in [0.15, 0.2) is 59.5 Å². The van der Waals surface area contributed by atoms with E-state index in [-0.39, 0.29) is 6.03 Å². The quantitative estimate of drug-likeness (QED) is 0.752. The second kappa shape index (κ2) is 9.78. The van der Waals surface area contributed by atoms with Crippen molar-refractivity contribution < 1.29 is 17.9 Å². The molecule has 1 N–H and O–H groups in total. The molecule has 0 atom stereocenters. The number of carbonyl (C=O) groups is 1. The summed E-state index contributed by atoms with van der Waals surface area (Å²) in [5.74, 6) is 0.832. The molecule has 0 spiro atoms. The number of likely N-dealkylation sites (tertiary alicyclic amines) is 1. The number of benzene rings is 2. The Morgan fingerprint density at radius 1 is 1.10 bits per heavy atom. The lowest BCUT2D eigenvalue weighted by molar-refractivity contribution is 0.187. The summed E-state index contributed by atoms with van der Waals surface area (Å²) in [5, 5.41) is 2.50. The van der Waals surface area contributed by atoms with Crippen LogP contribution < -0.4 is 10.1 Å². The zero-order valence-corrected chi connectivity index (χ0v) is 17.5. The van der Waals surface area contributed by atoms with Crippen molar-refractivity contribution in [2.24, 2.45) is 0 Å². The third-order valence-corrected chi connectivity index (χ3v) is 7.42. The summed E-state index contributed by atoms with van der Waals surface area (Å²) in [5.41, 5.74) is 1.10. The monoisotopic (exact) mass is 416 g/mol. The number of ether oxygens (including phenoxy) is 1. The molecule has 156 valence electrons. The van der Waals surface area contributed by atoms with E-state index in [1.807, 2.05) is 31.2 Å². The average molecular weight is 417 g/mol. The van der Waals surface area contributed by atoms with Crippen molar-refractivity contribution in [1.82, 2.24) is 10.2 Å². The van der Waals surface area contributed by atoms with Crippen LogP contribution in [-0.4, -0.2) is 50.8 Å². The molecular formula is C22H28N2O4S. The van der Waals surface area contributed by atoms with Gasteiger partial charge in [-0.05, 0) is 56.0 Å². The number of nitrogens with one attached hydrogen (secondary N) is 1. The van der Waals surface area contributed by atoms with E-state index in [0.717, 1.165) is 11.3 Å². The molecule has 0 aliphatic carbocycles. The minimum Gasteiger partial charge on any atom is -0.494 e. The predicted octanol–water partition coefficient (Wildman–Crippen LogP) is 3.28. The Morgan fingerprint density at radius 2 is 1.83 bits per heavy atom. The van der Waals surface area contributed by atoms with Gasteiger partial charge in [0.15, 0.2) is 9.84 Å². The van der Waals surface area contributed by atoms with Gasteiger partial charge in [0, 0.05) is 19.6 Å². The first-order chi connectivity index (χ1) is 14.0. The van der Waals surface area contributed by atoms with Crippen LogP contribution in [0.3, 0.4) is 0 Å². The Hall–Kier alpha value is -2.54. The summed E-state index contributed by atoms with van der Waals surface area (Å²) in [6.45, 7) is 3.98. The van der Waals surface area contributed by atoms with Crippen molar-refractivity contribution in [2.75, 3.05) is 26.2 Å². The van der Waals surface area contributed by atoms with E-state index in [1.54, 1.807) is 35.2 Å². The van der Waals surface area contributed by atoms with Crippen LogP contribution in [0.4, 0.5) is 4.79 Å². The lowest BCUT2D eigenvalue weighted by atomic mass is 10.1. The molecule has 6 nitrogen and oxygen atoms in total. The SMILES string of the molecule is CCOc1cccc(CCNC(=O)N2CCC(S(=O)(=O)c3ccccc3)CC2)c1. The standard InChI is InChI=1S/C22H28N2O4S/c1-2-28-19-8-6-7-18(17-19)11-14-23-22(25)24-15-12-21(13-16-24)29(26,27)20-9-4-3-5-10-20/h3-10,17,21H,2,11-16H2,1H3,(H,23,25). The Labute approximate surface area is 172 Å². The number of hydrogen-bond acceptors (Lipinski definition) is 4. The van der Waals surface area contributed by atoms with Gasteiger partial charge < -0.3 is 15.0 Å². The molecular weight excluding hydrogens is 388 g/mol. The highest BCUT2D eigenvalue weighted by Crippen LogP contribution is 2.24. The zero-order chi connectivity index (χ0) is 20.7. The van der Waals surface area contributed by atoms with Gasteiger partial charge in [0.05, 0.1) is 16.8 Å². The van der Waals surface area contributed by atoms with Gasteiger partial charge in [-0.3, -0.25) is 0 Å². The topological polar surface area (TPSA) is 75.7 Å². The van der Waals surface area contributed by atoms with Crippen LogP contribution in [0.25, 0.3) is 0 Å². The molecule has 0 radical (unpaired) electrons. The molecule has 1 aliphatic rings. The number of urea groups is 1. The van der Waals surface area contributed by atoms with Crippen molar-refractivity contribution in [2.45, 2.75) is 36.3 Å². The molecule has 0 unspecified atom stereocenters. The number of rotatable bonds is 7. The molecule has 0 bridgehead atoms. The van der Waals surface area contributed by atoms with Gasteiger partial charge in [0.1, 0.15) is 5.75 Å². The summed E-state index contributed by atoms with van der Waals surface area (Å²) in [6.07, 6.45) is 1.63. The Balaban J connectivity index is 1.46. The maximum atomic E-state index is 12.7. The molecule has 0 saturated carbocycles. The maximum absolute atomic E-state index is 12.7. The second-order valence-electron chi connectivity index (χ2n) is 7.11. The Kier molecular flexibility index (Phi) is 7.14. The summed E-state index contributed by atoms with van der Waals surface area (Å²) in [7, 11) is -3.34. The van der Waals surface area contributed by atoms with Crippen LogP contribution in [0.2, 0.25) is 0 Å². The third kappa shape index (κ3) is 5.50. The van der Waals surface area contributed by atoms with E-state index < -0.39 is 15.1 Å². The smallest absolute Gasteiger partial charge is 0.317 e. The lowest BCUT2D eigenvalue weighted by Gasteiger charge is -2.31. The van der Waals surface area contributed by atoms with Crippen LogP contribution in [0.5, 0.6) is 5.75 Å². The second-order valence-corrected chi connectivity index (χ2v) is 9.33. The number of amides is 2. The molecule has 7 heteroatoms. The summed E-state index contributed by atoms with van der Waals surface area (Å²) in [6, 6.07) is 16.3. The van der Waals surface area contributed by atoms with Crippen molar-refractivity contribution >= 4 is 15.9 Å². The van der Waals surface area contributed by atoms with E-state index in [4.69, 9.17) is 4.74 Å². The molecule has 1 saturated heterocycles. The molecule has 0 aromatic heterocycles. The zero-order valence-electron chi connectivity index (χ0n) is 16.7. The molecule has 1 heterocycles. The average Bonchev–Trinajstić information content (AvgIpc) is 2.75. The number of carbonyl (C=O) groups excluding carboxylic acids is 1. The van der Waals surface area contributed by atoms with Gasteiger partial charge in [-0.2, -0.15) is 0 Å². The highest BCUT2D eigenvalue weighted by molar-refractivity contribution is 7.92. The highest BCUT2D eigenvalue weighted by Gasteiger charge is 2.32. The molecule has 2 aromatic carbocycles. The van der Waals surface area contributed by atoms with E-state index in [1.165, 1.54) is 0 Å². The van der Waals surface area contributed by atoms with Crippen LogP contribution in [0.1, 0.15) is 25.3 Å². The van der Waals surface area contributed by atoms with E-state index in [0.29, 0.717) is 50.4 Å². The molecule has 2 aromatic rings. The summed E-state index contributed by atoms with van der Waals surface area (Å²) >= 11 is 0. The summed E-state index contributed by atoms with van der Waals surface area (Å²) < 4.78 is 31.0. The first kappa shape index (κ1) is 21.2. The lowest BCUT2D eigenvalue weighted by Crippen LogP contribution is -2.47. The van der Waals surface area contributed by atoms with Crippen LogP contribution in [0, 0.1) is 0 Å². The van der Waals surface area contributed by atoms with Gasteiger partial charge in [0.25, 0.3) is 0 Å². The van der Waals surface area contributed by atoms with Gasteiger partial charge >= 0.3 is 6.03 Å². The summed E-state index contributed by atoms with van der Waals surface area (Å²) in [4.78, 5) is 14.5. The molecule has 3 rings (SSSR count). The van der Waals surface area contributed by atoms with Crippen molar-refractivity contribution in [1.29, 1.82) is 0 Å². The van der Waals surface area contributed by atoms with Gasteiger partial charge in [-0.1, -0.05) is 30.3 Å². The van der Waals surface area contributed by atoms with Gasteiger partial charge in [0.2, 0.25) is 0 Å². The van der Waals surface area contributed by atoms with Gasteiger partial charge in [-0.25, -0.2) is 13.2 Å². The maximum Gasteiger partial charge on any atom is 0.317 e. The van der Waals surface area contributed by atoms with E-state index in [2.05, 4.69) is 5.32 Å². The van der Waals surface area contributed by atoms with Crippen molar-refractivity contribution in [3.8, 4) is 5.75 Å². The first-order valence-corrected chi connectivity index (χ1v) is 11.6. The fourth-order valence-electron chi connectivity index (χ4n) is 3.55. The number of nitrogens with zero attached hydrogens (tertiary/aromatic N) is 1. The Bertz CT molecular complexity index is 907. The molecule has 2 amide bonds. The molecule has 29 heavy (non-hydrogen) atoms. The fourth-order valence-corrected chi connectivity index (χ4v) is 5.31. The third-order valence-electron chi connectivity index (χ3n) is 5.14. The molecule has 1 aliphatic heterocycles. The van der Waals surface area contributed by atoms with Crippen molar-refractivity contribution in [3.63, 3.8) is 0 Å². The molecule has 1 fully saturated rings. The highest BCUT2D eigenvalue weighted by atomic mass is 32.2. The van der Waals surface area contributed by atoms with Crippen LogP contribution in [-0.2, 0) is 16.3 Å². The van der Waals surface area contributed by atoms with Crippen LogP contribution >= 0.6 is 0 Å². The first-order valence-electron chi connectivity index (χ1n) is 10.0. The minimum absolute atomic E-state index is 0.137. The Morgan fingerprint density at radius 3 is 2.52 bits per heavy atom. The predicted molar refractivity (Wildman–Crippen MR) is 113 cm³/mol. The number of piperidine rings is 1.